The molecule has 0 aliphatic carbocycles. The molecule has 7 heteroatoms. The van der Waals surface area contributed by atoms with Crippen LogP contribution in [0, 0.1) is 22.0 Å². The van der Waals surface area contributed by atoms with E-state index >= 15 is 0 Å². The van der Waals surface area contributed by atoms with Crippen LogP contribution in [0.3, 0.4) is 0 Å². The Bertz CT molecular complexity index is 1460. The van der Waals surface area contributed by atoms with Crippen LogP contribution in [0.15, 0.2) is 70.9 Å². The number of para-hydroxylation sites is 1. The van der Waals surface area contributed by atoms with Crippen LogP contribution in [0.1, 0.15) is 79.1 Å². The fourth-order valence-corrected chi connectivity index (χ4v) is 5.49. The summed E-state index contributed by atoms with van der Waals surface area (Å²) in [6, 6.07) is 19.0. The summed E-state index contributed by atoms with van der Waals surface area (Å²) >= 11 is 0. The van der Waals surface area contributed by atoms with Crippen LogP contribution < -0.4 is 4.74 Å². The number of hydrogen-bond donors (Lipinski definition) is 0. The number of ether oxygens (including phenoxy) is 1. The van der Waals surface area contributed by atoms with Crippen molar-refractivity contribution in [1.29, 1.82) is 0 Å². The number of fused-ring (bicyclic) bond motifs is 3. The lowest BCUT2D eigenvalue weighted by molar-refractivity contribution is -0.384. The van der Waals surface area contributed by atoms with Crippen molar-refractivity contribution in [1.82, 2.24) is 4.57 Å². The van der Waals surface area contributed by atoms with Crippen LogP contribution in [0.2, 0.25) is 0 Å². The van der Waals surface area contributed by atoms with Gasteiger partial charge in [0.25, 0.3) is 5.69 Å². The smallest absolute Gasteiger partial charge is 0.269 e. The van der Waals surface area contributed by atoms with Gasteiger partial charge < -0.3 is 9.30 Å². The Morgan fingerprint density at radius 2 is 1.51 bits per heavy atom. The molecule has 218 valence electrons. The Morgan fingerprint density at radius 1 is 0.829 bits per heavy atom. The molecular weight excluding hydrogens is 512 g/mol. The number of non-ortho nitro benzene ring substituents is 1. The van der Waals surface area contributed by atoms with Crippen molar-refractivity contribution >= 4 is 38.9 Å². The van der Waals surface area contributed by atoms with Gasteiger partial charge in [-0.3, -0.25) is 10.1 Å². The molecule has 1 aromatic heterocycles. The molecule has 7 nitrogen and oxygen atoms in total. The van der Waals surface area contributed by atoms with Crippen molar-refractivity contribution in [2.45, 2.75) is 85.6 Å². The normalized spacial score (nSPS) is 13.3. The summed E-state index contributed by atoms with van der Waals surface area (Å²) in [5, 5.41) is 22.4. The number of azo groups is 1. The van der Waals surface area contributed by atoms with Crippen LogP contribution in [-0.4, -0.2) is 16.1 Å². The third-order valence-corrected chi connectivity index (χ3v) is 8.19. The third-order valence-electron chi connectivity index (χ3n) is 8.19. The molecule has 1 heterocycles. The van der Waals surface area contributed by atoms with E-state index in [0.717, 1.165) is 42.5 Å². The van der Waals surface area contributed by atoms with Gasteiger partial charge in [-0.25, -0.2) is 0 Å². The highest BCUT2D eigenvalue weighted by Gasteiger charge is 2.18. The summed E-state index contributed by atoms with van der Waals surface area (Å²) < 4.78 is 8.99. The first-order valence-electron chi connectivity index (χ1n) is 15.3. The highest BCUT2D eigenvalue weighted by atomic mass is 16.6. The fourth-order valence-electron chi connectivity index (χ4n) is 5.49. The average molecular weight is 557 g/mol. The van der Waals surface area contributed by atoms with Crippen LogP contribution in [0.5, 0.6) is 5.75 Å². The van der Waals surface area contributed by atoms with Gasteiger partial charge in [0.15, 0.2) is 0 Å². The predicted octanol–water partition coefficient (Wildman–Crippen LogP) is 10.9. The Morgan fingerprint density at radius 3 is 2.17 bits per heavy atom. The first-order chi connectivity index (χ1) is 20.0. The number of nitrogens with zero attached hydrogens (tertiary/aromatic N) is 4. The predicted molar refractivity (Wildman–Crippen MR) is 169 cm³/mol. The zero-order valence-electron chi connectivity index (χ0n) is 25.0. The molecule has 4 aromatic rings. The summed E-state index contributed by atoms with van der Waals surface area (Å²) in [5.74, 6) is 1.82. The van der Waals surface area contributed by atoms with Gasteiger partial charge in [-0.15, -0.1) is 5.11 Å². The van der Waals surface area contributed by atoms with Gasteiger partial charge in [0.1, 0.15) is 11.4 Å². The van der Waals surface area contributed by atoms with Gasteiger partial charge >= 0.3 is 0 Å². The van der Waals surface area contributed by atoms with Crippen molar-refractivity contribution in [3.63, 3.8) is 0 Å². The van der Waals surface area contributed by atoms with E-state index in [1.807, 2.05) is 0 Å². The molecule has 2 unspecified atom stereocenters. The van der Waals surface area contributed by atoms with Crippen LogP contribution in [0.25, 0.3) is 21.8 Å². The Balaban J connectivity index is 1.78. The molecule has 0 radical (unpaired) electrons. The van der Waals surface area contributed by atoms with Crippen LogP contribution in [0.4, 0.5) is 17.1 Å². The number of unbranched alkanes of at least 4 members (excludes halogenated alkanes) is 2. The maximum absolute atomic E-state index is 11.1. The summed E-state index contributed by atoms with van der Waals surface area (Å²) in [4.78, 5) is 10.6. The van der Waals surface area contributed by atoms with Crippen molar-refractivity contribution in [3.05, 3.63) is 70.8 Å². The van der Waals surface area contributed by atoms with Crippen LogP contribution >= 0.6 is 0 Å². The molecule has 0 fully saturated rings. The second-order valence-electron chi connectivity index (χ2n) is 11.1. The van der Waals surface area contributed by atoms with E-state index in [-0.39, 0.29) is 5.69 Å². The van der Waals surface area contributed by atoms with E-state index in [4.69, 9.17) is 4.74 Å². The van der Waals surface area contributed by atoms with Crippen LogP contribution in [-0.2, 0) is 6.54 Å². The maximum Gasteiger partial charge on any atom is 0.269 e. The summed E-state index contributed by atoms with van der Waals surface area (Å²) in [5.41, 5.74) is 3.64. The van der Waals surface area contributed by atoms with E-state index in [2.05, 4.69) is 78.9 Å². The molecule has 0 N–H and O–H groups in total. The molecular formula is C34H44N4O3. The van der Waals surface area contributed by atoms with Crippen molar-refractivity contribution in [2.75, 3.05) is 6.61 Å². The topological polar surface area (TPSA) is 82.0 Å². The van der Waals surface area contributed by atoms with Crippen molar-refractivity contribution in [2.24, 2.45) is 22.1 Å². The lowest BCUT2D eigenvalue weighted by Crippen LogP contribution is -2.12. The number of aromatic nitrogens is 1. The first-order valence-corrected chi connectivity index (χ1v) is 15.3. The maximum atomic E-state index is 11.1. The molecule has 0 saturated heterocycles. The zero-order valence-corrected chi connectivity index (χ0v) is 25.0. The lowest BCUT2D eigenvalue weighted by atomic mass is 9.99. The molecule has 0 amide bonds. The molecule has 41 heavy (non-hydrogen) atoms. The summed E-state index contributed by atoms with van der Waals surface area (Å²) in [6.07, 6.45) is 9.40. The van der Waals surface area contributed by atoms with E-state index in [1.54, 1.807) is 12.1 Å². The molecule has 0 saturated carbocycles. The minimum absolute atomic E-state index is 0.0317. The Hall–Kier alpha value is -3.74. The quantitative estimate of drug-likeness (QED) is 0.0781. The minimum atomic E-state index is -0.412. The number of rotatable bonds is 16. The Labute approximate surface area is 243 Å². The summed E-state index contributed by atoms with van der Waals surface area (Å²) in [7, 11) is 0. The first kappa shape index (κ1) is 30.2. The third kappa shape index (κ3) is 7.51. The van der Waals surface area contributed by atoms with Gasteiger partial charge in [-0.2, -0.15) is 5.11 Å². The molecule has 0 aliphatic heterocycles. The standard InChI is InChI=1S/C34H44N4O3/c1-5-9-13-25(7-3)23-37-32-16-12-11-15-29(32)30-21-31(36-35-27-17-19-28(20-18-27)38(39)40)34(22-33(30)37)41-24-26(8-4)14-10-6-2/h11-12,15-22,25-26H,5-10,13-14,23-24H2,1-4H3. The fraction of sp³-hybridized carbons (Fsp3) is 0.471. The number of nitro benzene ring substituents is 1. The van der Waals surface area contributed by atoms with Crippen molar-refractivity contribution < 1.29 is 9.66 Å². The molecule has 3 aromatic carbocycles. The lowest BCUT2D eigenvalue weighted by Gasteiger charge is -2.19. The van der Waals surface area contributed by atoms with E-state index in [9.17, 15) is 10.1 Å². The largest absolute Gasteiger partial charge is 0.491 e. The number of nitro groups is 1. The molecule has 4 rings (SSSR count). The number of benzene rings is 3. The SMILES string of the molecule is CCCCC(CC)COc1cc2c(cc1N=Nc1ccc([N+](=O)[O-])cc1)c1ccccc1n2CC(CC)CCCC. The zero-order chi connectivity index (χ0) is 29.2. The van der Waals surface area contributed by atoms with Gasteiger partial charge in [0, 0.05) is 41.0 Å². The summed E-state index contributed by atoms with van der Waals surface area (Å²) in [6.45, 7) is 10.6. The van der Waals surface area contributed by atoms with E-state index in [1.165, 1.54) is 55.1 Å². The molecule has 0 aliphatic rings. The van der Waals surface area contributed by atoms with Gasteiger partial charge in [-0.1, -0.05) is 84.4 Å². The van der Waals surface area contributed by atoms with Gasteiger partial charge in [-0.05, 0) is 48.9 Å². The average Bonchev–Trinajstić information content (AvgIpc) is 3.30. The second-order valence-corrected chi connectivity index (χ2v) is 11.1. The van der Waals surface area contributed by atoms with Gasteiger partial charge in [0.2, 0.25) is 0 Å². The monoisotopic (exact) mass is 556 g/mol. The minimum Gasteiger partial charge on any atom is -0.491 e. The molecule has 0 spiro atoms. The highest BCUT2D eigenvalue weighted by Crippen LogP contribution is 2.40. The van der Waals surface area contributed by atoms with E-state index in [0.29, 0.717) is 29.8 Å². The Kier molecular flexibility index (Phi) is 10.9. The second kappa shape index (κ2) is 14.8. The molecule has 0 bridgehead atoms. The highest BCUT2D eigenvalue weighted by molar-refractivity contribution is 6.09. The number of hydrogen-bond acceptors (Lipinski definition) is 5. The van der Waals surface area contributed by atoms with Crippen molar-refractivity contribution in [3.8, 4) is 5.75 Å². The molecule has 2 atom stereocenters. The van der Waals surface area contributed by atoms with E-state index < -0.39 is 4.92 Å². The van der Waals surface area contributed by atoms with Gasteiger partial charge in [0.05, 0.1) is 22.7 Å².